The highest BCUT2D eigenvalue weighted by Crippen LogP contribution is 2.37. The molecule has 1 saturated heterocycles. The molecule has 1 atom stereocenters. The lowest BCUT2D eigenvalue weighted by Crippen LogP contribution is -2.40. The van der Waals surface area contributed by atoms with Gasteiger partial charge in [0.05, 0.1) is 24.3 Å². The number of hydrogen-bond acceptors (Lipinski definition) is 5. The molecule has 5 nitrogen and oxygen atoms in total. The van der Waals surface area contributed by atoms with Gasteiger partial charge in [-0.05, 0) is 55.0 Å². The predicted octanol–water partition coefficient (Wildman–Crippen LogP) is 4.06. The SMILES string of the molecule is C[C@@H]1CCc2sc3nc(N4CCOCC4)n(-c4ccc(Cl)cc4)c(=O)c3c2C1. The van der Waals surface area contributed by atoms with Crippen molar-refractivity contribution in [2.45, 2.75) is 26.2 Å². The highest BCUT2D eigenvalue weighted by atomic mass is 35.5. The Morgan fingerprint density at radius 3 is 2.71 bits per heavy atom. The Morgan fingerprint density at radius 1 is 1.21 bits per heavy atom. The van der Waals surface area contributed by atoms with Crippen LogP contribution in [0.25, 0.3) is 15.9 Å². The molecule has 3 heterocycles. The van der Waals surface area contributed by atoms with Crippen molar-refractivity contribution in [1.82, 2.24) is 9.55 Å². The number of rotatable bonds is 2. The first kappa shape index (κ1) is 18.2. The summed E-state index contributed by atoms with van der Waals surface area (Å²) in [6.07, 6.45) is 3.19. The number of thiophene rings is 1. The number of halogens is 1. The van der Waals surface area contributed by atoms with E-state index in [9.17, 15) is 4.79 Å². The molecule has 28 heavy (non-hydrogen) atoms. The molecule has 3 aromatic rings. The lowest BCUT2D eigenvalue weighted by Gasteiger charge is -2.29. The van der Waals surface area contributed by atoms with E-state index in [1.165, 1.54) is 16.9 Å². The van der Waals surface area contributed by atoms with Crippen LogP contribution in [0.3, 0.4) is 0 Å². The van der Waals surface area contributed by atoms with Crippen molar-refractivity contribution in [3.05, 3.63) is 50.1 Å². The zero-order chi connectivity index (χ0) is 19.3. The van der Waals surface area contributed by atoms with E-state index in [0.717, 1.165) is 41.8 Å². The molecule has 1 fully saturated rings. The van der Waals surface area contributed by atoms with Gasteiger partial charge in [0.2, 0.25) is 5.95 Å². The lowest BCUT2D eigenvalue weighted by atomic mass is 9.89. The highest BCUT2D eigenvalue weighted by Gasteiger charge is 2.27. The van der Waals surface area contributed by atoms with Crippen molar-refractivity contribution in [1.29, 1.82) is 0 Å². The normalized spacial score (nSPS) is 19.8. The second kappa shape index (κ2) is 7.17. The Kier molecular flexibility index (Phi) is 4.65. The van der Waals surface area contributed by atoms with E-state index in [1.54, 1.807) is 15.9 Å². The quantitative estimate of drug-likeness (QED) is 0.633. The number of aromatic nitrogens is 2. The molecular weight excluding hydrogens is 394 g/mol. The van der Waals surface area contributed by atoms with E-state index < -0.39 is 0 Å². The van der Waals surface area contributed by atoms with Gasteiger partial charge in [0.15, 0.2) is 0 Å². The molecule has 5 rings (SSSR count). The summed E-state index contributed by atoms with van der Waals surface area (Å²) in [5, 5.41) is 1.46. The van der Waals surface area contributed by atoms with Crippen molar-refractivity contribution in [3.63, 3.8) is 0 Å². The zero-order valence-corrected chi connectivity index (χ0v) is 17.4. The summed E-state index contributed by atoms with van der Waals surface area (Å²) >= 11 is 7.78. The molecule has 0 bridgehead atoms. The van der Waals surface area contributed by atoms with Gasteiger partial charge in [0, 0.05) is 23.0 Å². The van der Waals surface area contributed by atoms with Crippen molar-refractivity contribution >= 4 is 39.1 Å². The van der Waals surface area contributed by atoms with Crippen LogP contribution in [0.4, 0.5) is 5.95 Å². The van der Waals surface area contributed by atoms with E-state index in [0.29, 0.717) is 30.1 Å². The average Bonchev–Trinajstić information content (AvgIpc) is 3.07. The molecule has 7 heteroatoms. The Labute approximate surface area is 172 Å². The van der Waals surface area contributed by atoms with E-state index in [4.69, 9.17) is 21.3 Å². The summed E-state index contributed by atoms with van der Waals surface area (Å²) in [5.74, 6) is 1.31. The third-order valence-corrected chi connectivity index (χ3v) is 7.12. The van der Waals surface area contributed by atoms with Crippen LogP contribution in [0.15, 0.2) is 29.1 Å². The van der Waals surface area contributed by atoms with Crippen LogP contribution in [0.2, 0.25) is 5.02 Å². The Balaban J connectivity index is 1.78. The number of benzene rings is 1. The number of anilines is 1. The monoisotopic (exact) mass is 415 g/mol. The highest BCUT2D eigenvalue weighted by molar-refractivity contribution is 7.18. The summed E-state index contributed by atoms with van der Waals surface area (Å²) < 4.78 is 7.27. The van der Waals surface area contributed by atoms with Gasteiger partial charge >= 0.3 is 0 Å². The fraction of sp³-hybridized carbons (Fsp3) is 0.429. The second-order valence-corrected chi connectivity index (χ2v) is 9.18. The summed E-state index contributed by atoms with van der Waals surface area (Å²) in [7, 11) is 0. The van der Waals surface area contributed by atoms with Crippen molar-refractivity contribution in [3.8, 4) is 5.69 Å². The van der Waals surface area contributed by atoms with Crippen LogP contribution in [-0.4, -0.2) is 35.9 Å². The summed E-state index contributed by atoms with van der Waals surface area (Å²) in [6.45, 7) is 5.01. The molecule has 0 amide bonds. The Bertz CT molecular complexity index is 1080. The topological polar surface area (TPSA) is 47.4 Å². The van der Waals surface area contributed by atoms with E-state index in [2.05, 4.69) is 11.8 Å². The summed E-state index contributed by atoms with van der Waals surface area (Å²) in [5.41, 5.74) is 2.04. The van der Waals surface area contributed by atoms with Crippen LogP contribution in [0.5, 0.6) is 0 Å². The molecule has 2 aromatic heterocycles. The van der Waals surface area contributed by atoms with Crippen LogP contribution < -0.4 is 10.5 Å². The zero-order valence-electron chi connectivity index (χ0n) is 15.8. The van der Waals surface area contributed by atoms with E-state index in [-0.39, 0.29) is 5.56 Å². The first-order chi connectivity index (χ1) is 13.6. The fourth-order valence-electron chi connectivity index (χ4n) is 4.18. The van der Waals surface area contributed by atoms with Crippen molar-refractivity contribution in [2.75, 3.05) is 31.2 Å². The molecule has 0 spiro atoms. The third-order valence-electron chi connectivity index (χ3n) is 5.69. The maximum Gasteiger partial charge on any atom is 0.268 e. The number of nitrogens with zero attached hydrogens (tertiary/aromatic N) is 3. The van der Waals surface area contributed by atoms with Gasteiger partial charge in [-0.15, -0.1) is 11.3 Å². The molecule has 2 aliphatic rings. The molecule has 146 valence electrons. The maximum atomic E-state index is 13.8. The standard InChI is InChI=1S/C21H22ClN3O2S/c1-13-2-7-17-16(12-13)18-19(28-17)23-21(24-8-10-27-11-9-24)25(20(18)26)15-5-3-14(22)4-6-15/h3-6,13H,2,7-12H2,1H3/t13-/m1/s1. The number of ether oxygens (including phenoxy) is 1. The minimum Gasteiger partial charge on any atom is -0.378 e. The molecule has 0 N–H and O–H groups in total. The van der Waals surface area contributed by atoms with Crippen molar-refractivity contribution < 1.29 is 4.74 Å². The average molecular weight is 416 g/mol. The second-order valence-electron chi connectivity index (χ2n) is 7.66. The van der Waals surface area contributed by atoms with Crippen LogP contribution in [0.1, 0.15) is 23.8 Å². The minimum absolute atomic E-state index is 0.0282. The molecule has 1 aromatic carbocycles. The fourth-order valence-corrected chi connectivity index (χ4v) is 5.51. The van der Waals surface area contributed by atoms with Gasteiger partial charge in [0.25, 0.3) is 5.56 Å². The van der Waals surface area contributed by atoms with Gasteiger partial charge in [-0.1, -0.05) is 18.5 Å². The first-order valence-corrected chi connectivity index (χ1v) is 11.0. The van der Waals surface area contributed by atoms with Crippen LogP contribution in [0, 0.1) is 5.92 Å². The Morgan fingerprint density at radius 2 is 1.96 bits per heavy atom. The first-order valence-electron chi connectivity index (χ1n) is 9.78. The molecule has 0 unspecified atom stereocenters. The lowest BCUT2D eigenvalue weighted by molar-refractivity contribution is 0.122. The van der Waals surface area contributed by atoms with E-state index >= 15 is 0 Å². The Hall–Kier alpha value is -1.89. The van der Waals surface area contributed by atoms with Crippen molar-refractivity contribution in [2.24, 2.45) is 5.92 Å². The van der Waals surface area contributed by atoms with Gasteiger partial charge in [-0.25, -0.2) is 9.55 Å². The maximum absolute atomic E-state index is 13.8. The molecule has 1 aliphatic carbocycles. The third kappa shape index (κ3) is 3.04. The van der Waals surface area contributed by atoms with Gasteiger partial charge < -0.3 is 9.64 Å². The van der Waals surface area contributed by atoms with Crippen LogP contribution >= 0.6 is 22.9 Å². The molecule has 0 radical (unpaired) electrons. The largest absolute Gasteiger partial charge is 0.378 e. The number of aryl methyl sites for hydroxylation is 1. The van der Waals surface area contributed by atoms with Crippen LogP contribution in [-0.2, 0) is 17.6 Å². The summed E-state index contributed by atoms with van der Waals surface area (Å²) in [6, 6.07) is 7.43. The van der Waals surface area contributed by atoms with E-state index in [1.807, 2.05) is 24.3 Å². The number of hydrogen-bond donors (Lipinski definition) is 0. The number of fused-ring (bicyclic) bond motifs is 3. The molecule has 0 saturated carbocycles. The molecular formula is C21H22ClN3O2S. The smallest absolute Gasteiger partial charge is 0.268 e. The summed E-state index contributed by atoms with van der Waals surface area (Å²) in [4.78, 5) is 23.1. The minimum atomic E-state index is 0.0282. The van der Waals surface area contributed by atoms with Gasteiger partial charge in [-0.3, -0.25) is 4.79 Å². The molecule has 1 aliphatic heterocycles. The number of morpholine rings is 1. The van der Waals surface area contributed by atoms with Gasteiger partial charge in [-0.2, -0.15) is 0 Å². The predicted molar refractivity (Wildman–Crippen MR) is 114 cm³/mol. The van der Waals surface area contributed by atoms with Gasteiger partial charge in [0.1, 0.15) is 4.83 Å².